The second-order valence-corrected chi connectivity index (χ2v) is 9.12. The van der Waals surface area contributed by atoms with Crippen molar-refractivity contribution in [2.75, 3.05) is 0 Å². The zero-order chi connectivity index (χ0) is 15.2. The van der Waals surface area contributed by atoms with Gasteiger partial charge in [-0.2, -0.15) is 0 Å². The van der Waals surface area contributed by atoms with Crippen molar-refractivity contribution in [2.45, 2.75) is 99.0 Å². The normalized spacial score (nSPS) is 44.0. The highest BCUT2D eigenvalue weighted by Gasteiger charge is 2.62. The standard InChI is InChI=1S/C19H37B/c1-8-20(9-2)16-15(3)11-14-18(6)13-10-12-17(4,5)19(16,18)7/h15-16H,8-14H2,1-7H3. The van der Waals surface area contributed by atoms with E-state index in [1.54, 1.807) is 0 Å². The number of hydrogen-bond acceptors (Lipinski definition) is 0. The van der Waals surface area contributed by atoms with Gasteiger partial charge in [-0.25, -0.2) is 0 Å². The molecule has 0 heterocycles. The highest BCUT2D eigenvalue weighted by molar-refractivity contribution is 6.60. The summed E-state index contributed by atoms with van der Waals surface area (Å²) in [6, 6.07) is 0. The Balaban J connectivity index is 2.51. The SMILES string of the molecule is CCB(CC)C1C(C)CCC2(C)CCCC(C)(C)C12C. The molecule has 0 aromatic heterocycles. The van der Waals surface area contributed by atoms with Crippen LogP contribution in [0.3, 0.4) is 0 Å². The van der Waals surface area contributed by atoms with Crippen molar-refractivity contribution < 1.29 is 0 Å². The van der Waals surface area contributed by atoms with Crippen LogP contribution in [0.1, 0.15) is 80.6 Å². The Labute approximate surface area is 128 Å². The summed E-state index contributed by atoms with van der Waals surface area (Å²) in [5.74, 6) is 1.84. The van der Waals surface area contributed by atoms with Gasteiger partial charge in [0.05, 0.1) is 0 Å². The molecule has 0 nitrogen and oxygen atoms in total. The molecule has 0 bridgehead atoms. The van der Waals surface area contributed by atoms with Crippen LogP contribution in [0.15, 0.2) is 0 Å². The van der Waals surface area contributed by atoms with Crippen molar-refractivity contribution in [3.63, 3.8) is 0 Å². The van der Waals surface area contributed by atoms with E-state index < -0.39 is 0 Å². The summed E-state index contributed by atoms with van der Waals surface area (Å²) in [5.41, 5.74) is 1.60. The van der Waals surface area contributed by atoms with Gasteiger partial charge in [-0.05, 0) is 41.4 Å². The fourth-order valence-electron chi connectivity index (χ4n) is 6.52. The summed E-state index contributed by atoms with van der Waals surface area (Å²) in [5, 5.41) is 0. The van der Waals surface area contributed by atoms with Crippen molar-refractivity contribution in [1.82, 2.24) is 0 Å². The third-order valence-corrected chi connectivity index (χ3v) is 8.18. The molecule has 2 rings (SSSR count). The van der Waals surface area contributed by atoms with Gasteiger partial charge < -0.3 is 0 Å². The summed E-state index contributed by atoms with van der Waals surface area (Å²) in [4.78, 5) is 0. The van der Waals surface area contributed by atoms with Crippen molar-refractivity contribution in [3.05, 3.63) is 0 Å². The first-order chi connectivity index (χ1) is 9.23. The zero-order valence-electron chi connectivity index (χ0n) is 15.2. The molecule has 0 spiro atoms. The van der Waals surface area contributed by atoms with Gasteiger partial charge in [-0.3, -0.25) is 0 Å². The van der Waals surface area contributed by atoms with Crippen molar-refractivity contribution in [1.29, 1.82) is 0 Å². The van der Waals surface area contributed by atoms with E-state index in [4.69, 9.17) is 0 Å². The molecule has 1 heteroatoms. The number of hydrogen-bond donors (Lipinski definition) is 0. The van der Waals surface area contributed by atoms with Crippen LogP contribution in [0.4, 0.5) is 0 Å². The van der Waals surface area contributed by atoms with Crippen LogP contribution in [0.5, 0.6) is 0 Å². The quantitative estimate of drug-likeness (QED) is 0.513. The molecule has 0 aromatic carbocycles. The lowest BCUT2D eigenvalue weighted by Gasteiger charge is -2.68. The molecule has 0 saturated heterocycles. The van der Waals surface area contributed by atoms with Crippen LogP contribution in [-0.4, -0.2) is 6.71 Å². The van der Waals surface area contributed by atoms with E-state index in [2.05, 4.69) is 48.5 Å². The van der Waals surface area contributed by atoms with Crippen molar-refractivity contribution in [3.8, 4) is 0 Å². The Morgan fingerprint density at radius 1 is 0.950 bits per heavy atom. The van der Waals surface area contributed by atoms with E-state index in [0.717, 1.165) is 18.4 Å². The third-order valence-electron chi connectivity index (χ3n) is 8.18. The first-order valence-corrected chi connectivity index (χ1v) is 9.23. The van der Waals surface area contributed by atoms with Gasteiger partial charge in [0.2, 0.25) is 0 Å². The Morgan fingerprint density at radius 3 is 2.10 bits per heavy atom. The molecular weight excluding hydrogens is 239 g/mol. The molecule has 2 aliphatic rings. The smallest absolute Gasteiger partial charge is 0.0768 e. The maximum atomic E-state index is 2.69. The van der Waals surface area contributed by atoms with Gasteiger partial charge in [-0.15, -0.1) is 0 Å². The Hall–Kier alpha value is 0.0649. The molecule has 4 unspecified atom stereocenters. The average molecular weight is 276 g/mol. The Kier molecular flexibility index (Phi) is 4.41. The largest absolute Gasteiger partial charge is 0.143 e. The van der Waals surface area contributed by atoms with Crippen LogP contribution in [0, 0.1) is 22.2 Å². The van der Waals surface area contributed by atoms with Crippen LogP contribution in [0.2, 0.25) is 18.5 Å². The maximum absolute atomic E-state index is 2.69. The van der Waals surface area contributed by atoms with Crippen LogP contribution in [0.25, 0.3) is 0 Å². The summed E-state index contributed by atoms with van der Waals surface area (Å²) in [7, 11) is 0. The predicted octanol–water partition coefficient (Wildman–Crippen LogP) is 6.54. The molecule has 116 valence electrons. The minimum atomic E-state index is 0.502. The van der Waals surface area contributed by atoms with Gasteiger partial charge in [0, 0.05) is 0 Å². The molecule has 4 atom stereocenters. The summed E-state index contributed by atoms with van der Waals surface area (Å²) < 4.78 is 0. The van der Waals surface area contributed by atoms with Crippen molar-refractivity contribution in [2.24, 2.45) is 22.2 Å². The lowest BCUT2D eigenvalue weighted by atomic mass is 9.23. The lowest BCUT2D eigenvalue weighted by molar-refractivity contribution is -0.133. The second kappa shape index (κ2) is 5.36. The Bertz CT molecular complexity index is 344. The monoisotopic (exact) mass is 276 g/mol. The van der Waals surface area contributed by atoms with E-state index >= 15 is 0 Å². The molecule has 0 radical (unpaired) electrons. The predicted molar refractivity (Wildman–Crippen MR) is 92.7 cm³/mol. The first kappa shape index (κ1) is 16.4. The van der Waals surface area contributed by atoms with E-state index in [9.17, 15) is 0 Å². The molecule has 2 saturated carbocycles. The zero-order valence-corrected chi connectivity index (χ0v) is 15.2. The van der Waals surface area contributed by atoms with E-state index in [1.165, 1.54) is 44.7 Å². The fraction of sp³-hybridized carbons (Fsp3) is 1.00. The van der Waals surface area contributed by atoms with E-state index in [1.807, 2.05) is 0 Å². The molecule has 2 fully saturated rings. The molecule has 0 amide bonds. The second-order valence-electron chi connectivity index (χ2n) is 9.12. The molecular formula is C19H37B. The lowest BCUT2D eigenvalue weighted by Crippen LogP contribution is -2.60. The highest BCUT2D eigenvalue weighted by Crippen LogP contribution is 2.71. The van der Waals surface area contributed by atoms with E-state index in [-0.39, 0.29) is 0 Å². The third kappa shape index (κ3) is 2.10. The molecule has 0 aromatic rings. The first-order valence-electron chi connectivity index (χ1n) is 9.23. The van der Waals surface area contributed by atoms with Gasteiger partial charge in [-0.1, -0.05) is 79.8 Å². The van der Waals surface area contributed by atoms with Crippen molar-refractivity contribution >= 4 is 6.71 Å². The maximum Gasteiger partial charge on any atom is 0.143 e. The average Bonchev–Trinajstić information content (AvgIpc) is 2.38. The molecule has 0 aliphatic heterocycles. The summed E-state index contributed by atoms with van der Waals surface area (Å²) in [6.07, 6.45) is 10.0. The minimum Gasteiger partial charge on any atom is -0.0768 e. The highest BCUT2D eigenvalue weighted by atomic mass is 14.6. The summed E-state index contributed by atoms with van der Waals surface area (Å²) in [6.45, 7) is 18.8. The number of rotatable bonds is 3. The minimum absolute atomic E-state index is 0.502. The van der Waals surface area contributed by atoms with Gasteiger partial charge in [0.25, 0.3) is 0 Å². The number of fused-ring (bicyclic) bond motifs is 1. The molecule has 2 aliphatic carbocycles. The van der Waals surface area contributed by atoms with Crippen LogP contribution in [-0.2, 0) is 0 Å². The molecule has 0 N–H and O–H groups in total. The summed E-state index contributed by atoms with van der Waals surface area (Å²) >= 11 is 0. The molecule has 20 heavy (non-hydrogen) atoms. The van der Waals surface area contributed by atoms with Gasteiger partial charge in [0.15, 0.2) is 0 Å². The van der Waals surface area contributed by atoms with E-state index in [0.29, 0.717) is 16.2 Å². The van der Waals surface area contributed by atoms with Crippen LogP contribution >= 0.6 is 0 Å². The van der Waals surface area contributed by atoms with Gasteiger partial charge in [0.1, 0.15) is 6.71 Å². The van der Waals surface area contributed by atoms with Gasteiger partial charge >= 0.3 is 0 Å². The Morgan fingerprint density at radius 2 is 1.55 bits per heavy atom. The fourth-order valence-corrected chi connectivity index (χ4v) is 6.52. The topological polar surface area (TPSA) is 0 Å². The van der Waals surface area contributed by atoms with Crippen LogP contribution < -0.4 is 0 Å².